The van der Waals surface area contributed by atoms with Crippen molar-refractivity contribution in [2.75, 3.05) is 14.2 Å². The van der Waals surface area contributed by atoms with Crippen LogP contribution in [0.1, 0.15) is 41.8 Å². The van der Waals surface area contributed by atoms with Crippen LogP contribution in [0.2, 0.25) is 0 Å². The van der Waals surface area contributed by atoms with Gasteiger partial charge in [-0.15, -0.1) is 11.6 Å². The molecule has 0 amide bonds. The molecule has 0 bridgehead atoms. The zero-order chi connectivity index (χ0) is 15.4. The molecule has 2 aromatic rings. The van der Waals surface area contributed by atoms with E-state index >= 15 is 0 Å². The van der Waals surface area contributed by atoms with Crippen molar-refractivity contribution in [3.63, 3.8) is 0 Å². The van der Waals surface area contributed by atoms with E-state index in [4.69, 9.17) is 21.1 Å². The Labute approximate surface area is 131 Å². The maximum absolute atomic E-state index is 6.62. The van der Waals surface area contributed by atoms with Gasteiger partial charge in [-0.05, 0) is 29.2 Å². The van der Waals surface area contributed by atoms with E-state index in [-0.39, 0.29) is 5.38 Å². The number of hydrogen-bond donors (Lipinski definition) is 0. The van der Waals surface area contributed by atoms with Gasteiger partial charge in [0.1, 0.15) is 11.5 Å². The van der Waals surface area contributed by atoms with Crippen molar-refractivity contribution >= 4 is 11.6 Å². The summed E-state index contributed by atoms with van der Waals surface area (Å²) in [5.41, 5.74) is 3.31. The van der Waals surface area contributed by atoms with Crippen molar-refractivity contribution in [2.45, 2.75) is 25.1 Å². The highest BCUT2D eigenvalue weighted by Gasteiger charge is 2.16. The van der Waals surface area contributed by atoms with Crippen LogP contribution in [0.25, 0.3) is 0 Å². The summed E-state index contributed by atoms with van der Waals surface area (Å²) in [5, 5.41) is -0.243. The van der Waals surface area contributed by atoms with Crippen LogP contribution in [-0.4, -0.2) is 14.2 Å². The molecule has 0 aliphatic heterocycles. The summed E-state index contributed by atoms with van der Waals surface area (Å²) in [4.78, 5) is 0. The Kier molecular flexibility index (Phi) is 5.13. The second kappa shape index (κ2) is 6.86. The number of ether oxygens (including phenoxy) is 2. The second-order valence-electron chi connectivity index (χ2n) is 5.29. The van der Waals surface area contributed by atoms with Gasteiger partial charge in [0, 0.05) is 11.6 Å². The Morgan fingerprint density at radius 3 is 2.00 bits per heavy atom. The molecule has 1 atom stereocenters. The minimum absolute atomic E-state index is 0.243. The van der Waals surface area contributed by atoms with Crippen LogP contribution >= 0.6 is 11.6 Å². The van der Waals surface area contributed by atoms with Crippen LogP contribution in [0.15, 0.2) is 42.5 Å². The molecular weight excluding hydrogens is 284 g/mol. The summed E-state index contributed by atoms with van der Waals surface area (Å²) in [6.45, 7) is 4.36. The van der Waals surface area contributed by atoms with E-state index in [9.17, 15) is 0 Å². The molecule has 0 aromatic heterocycles. The first-order chi connectivity index (χ1) is 10.1. The average Bonchev–Trinajstić information content (AvgIpc) is 2.53. The van der Waals surface area contributed by atoms with Gasteiger partial charge < -0.3 is 9.47 Å². The molecule has 0 aliphatic rings. The van der Waals surface area contributed by atoms with Crippen molar-refractivity contribution in [1.82, 2.24) is 0 Å². The SMILES string of the molecule is COc1ccc(C(Cl)c2ccc(C(C)C)cc2)c(OC)c1. The van der Waals surface area contributed by atoms with E-state index in [0.29, 0.717) is 5.92 Å². The van der Waals surface area contributed by atoms with Crippen molar-refractivity contribution < 1.29 is 9.47 Å². The lowest BCUT2D eigenvalue weighted by Gasteiger charge is -2.16. The fraction of sp³-hybridized carbons (Fsp3) is 0.333. The summed E-state index contributed by atoms with van der Waals surface area (Å²) in [7, 11) is 3.28. The van der Waals surface area contributed by atoms with Gasteiger partial charge in [-0.1, -0.05) is 38.1 Å². The molecule has 2 aromatic carbocycles. The number of alkyl halides is 1. The molecule has 0 saturated carbocycles. The Hall–Kier alpha value is -1.67. The molecule has 0 spiro atoms. The Balaban J connectivity index is 2.32. The fourth-order valence-corrected chi connectivity index (χ4v) is 2.58. The van der Waals surface area contributed by atoms with Crippen molar-refractivity contribution in [2.24, 2.45) is 0 Å². The number of halogens is 1. The zero-order valence-corrected chi connectivity index (χ0v) is 13.6. The van der Waals surface area contributed by atoms with Crippen LogP contribution in [0.3, 0.4) is 0 Å². The molecule has 21 heavy (non-hydrogen) atoms. The van der Waals surface area contributed by atoms with E-state index in [1.54, 1.807) is 14.2 Å². The molecule has 112 valence electrons. The number of methoxy groups -OCH3 is 2. The quantitative estimate of drug-likeness (QED) is 0.711. The third kappa shape index (κ3) is 3.51. The molecule has 2 rings (SSSR count). The molecule has 0 radical (unpaired) electrons. The second-order valence-corrected chi connectivity index (χ2v) is 5.73. The standard InChI is InChI=1S/C18H21ClO2/c1-12(2)13-5-7-14(8-6-13)18(19)16-10-9-15(20-3)11-17(16)21-4/h5-12,18H,1-4H3. The molecule has 2 nitrogen and oxygen atoms in total. The van der Waals surface area contributed by atoms with Crippen molar-refractivity contribution in [3.8, 4) is 11.5 Å². The Morgan fingerprint density at radius 1 is 0.857 bits per heavy atom. The Bertz CT molecular complexity index is 591. The largest absolute Gasteiger partial charge is 0.497 e. The topological polar surface area (TPSA) is 18.5 Å². The molecule has 0 aliphatic carbocycles. The van der Waals surface area contributed by atoms with E-state index in [1.807, 2.05) is 18.2 Å². The summed E-state index contributed by atoms with van der Waals surface area (Å²) in [5.74, 6) is 2.01. The third-order valence-electron chi connectivity index (χ3n) is 3.61. The van der Waals surface area contributed by atoms with E-state index < -0.39 is 0 Å². The van der Waals surface area contributed by atoms with Crippen molar-refractivity contribution in [1.29, 1.82) is 0 Å². The van der Waals surface area contributed by atoms with Gasteiger partial charge >= 0.3 is 0 Å². The molecule has 0 heterocycles. The molecule has 0 N–H and O–H groups in total. The van der Waals surface area contributed by atoms with Gasteiger partial charge in [0.05, 0.1) is 19.6 Å². The highest BCUT2D eigenvalue weighted by atomic mass is 35.5. The molecule has 3 heteroatoms. The predicted octanol–water partition coefficient (Wildman–Crippen LogP) is 5.16. The maximum Gasteiger partial charge on any atom is 0.127 e. The maximum atomic E-state index is 6.62. The van der Waals surface area contributed by atoms with Crippen LogP contribution in [-0.2, 0) is 0 Å². The Morgan fingerprint density at radius 2 is 1.48 bits per heavy atom. The summed E-state index contributed by atoms with van der Waals surface area (Å²) < 4.78 is 10.6. The number of benzene rings is 2. The molecule has 0 fully saturated rings. The fourth-order valence-electron chi connectivity index (χ4n) is 2.26. The van der Waals surface area contributed by atoms with Gasteiger partial charge in [0.2, 0.25) is 0 Å². The van der Waals surface area contributed by atoms with Crippen LogP contribution in [0.4, 0.5) is 0 Å². The lowest BCUT2D eigenvalue weighted by Crippen LogP contribution is -1.99. The van der Waals surface area contributed by atoms with Gasteiger partial charge in [-0.3, -0.25) is 0 Å². The van der Waals surface area contributed by atoms with Gasteiger partial charge in [-0.2, -0.15) is 0 Å². The lowest BCUT2D eigenvalue weighted by atomic mass is 9.98. The summed E-state index contributed by atoms with van der Waals surface area (Å²) in [6.07, 6.45) is 0. The average molecular weight is 305 g/mol. The highest BCUT2D eigenvalue weighted by Crippen LogP contribution is 2.37. The highest BCUT2D eigenvalue weighted by molar-refractivity contribution is 6.22. The van der Waals surface area contributed by atoms with Crippen LogP contribution in [0.5, 0.6) is 11.5 Å². The van der Waals surface area contributed by atoms with Gasteiger partial charge in [0.25, 0.3) is 0 Å². The number of rotatable bonds is 5. The minimum Gasteiger partial charge on any atom is -0.497 e. The van der Waals surface area contributed by atoms with Crippen molar-refractivity contribution in [3.05, 3.63) is 59.2 Å². The van der Waals surface area contributed by atoms with Crippen LogP contribution < -0.4 is 9.47 Å². The number of hydrogen-bond acceptors (Lipinski definition) is 2. The molecule has 1 unspecified atom stereocenters. The molecule has 0 saturated heterocycles. The predicted molar refractivity (Wildman–Crippen MR) is 87.8 cm³/mol. The summed E-state index contributed by atoms with van der Waals surface area (Å²) in [6, 6.07) is 14.1. The van der Waals surface area contributed by atoms with Gasteiger partial charge in [0.15, 0.2) is 0 Å². The summed E-state index contributed by atoms with van der Waals surface area (Å²) >= 11 is 6.62. The zero-order valence-electron chi connectivity index (χ0n) is 12.9. The first-order valence-electron chi connectivity index (χ1n) is 7.02. The van der Waals surface area contributed by atoms with Crippen LogP contribution in [0, 0.1) is 0 Å². The molecular formula is C18H21ClO2. The monoisotopic (exact) mass is 304 g/mol. The van der Waals surface area contributed by atoms with E-state index in [2.05, 4.69) is 38.1 Å². The first-order valence-corrected chi connectivity index (χ1v) is 7.46. The van der Waals surface area contributed by atoms with Gasteiger partial charge in [-0.25, -0.2) is 0 Å². The van der Waals surface area contributed by atoms with E-state index in [0.717, 1.165) is 22.6 Å². The lowest BCUT2D eigenvalue weighted by molar-refractivity contribution is 0.391. The smallest absolute Gasteiger partial charge is 0.127 e. The third-order valence-corrected chi connectivity index (χ3v) is 4.10. The van der Waals surface area contributed by atoms with E-state index in [1.165, 1.54) is 5.56 Å². The minimum atomic E-state index is -0.243. The first kappa shape index (κ1) is 15.7. The normalized spacial score (nSPS) is 12.3.